The van der Waals surface area contributed by atoms with Crippen molar-refractivity contribution in [3.8, 4) is 5.75 Å². The van der Waals surface area contributed by atoms with Crippen molar-refractivity contribution in [1.29, 1.82) is 0 Å². The Balaban J connectivity index is 1.78. The van der Waals surface area contributed by atoms with E-state index in [1.807, 2.05) is 6.07 Å². The molecule has 0 radical (unpaired) electrons. The molecule has 0 saturated carbocycles. The topological polar surface area (TPSA) is 64.4 Å². The molecule has 128 valence electrons. The maximum absolute atomic E-state index is 13.7. The number of halogens is 1. The minimum absolute atomic E-state index is 0.0470. The molecule has 0 fully saturated rings. The van der Waals surface area contributed by atoms with Crippen molar-refractivity contribution >= 4 is 11.4 Å². The average Bonchev–Trinajstić information content (AvgIpc) is 3.10. The van der Waals surface area contributed by atoms with Crippen LogP contribution in [-0.4, -0.2) is 12.0 Å². The van der Waals surface area contributed by atoms with Gasteiger partial charge in [0.15, 0.2) is 5.75 Å². The molecule has 6 heteroatoms. The molecule has 2 aromatic rings. The number of nitrogens with zero attached hydrogens (tertiary/aromatic N) is 1. The second kappa shape index (κ2) is 5.88. The van der Waals surface area contributed by atoms with Gasteiger partial charge < -0.3 is 10.1 Å². The van der Waals surface area contributed by atoms with Crippen LogP contribution in [0.25, 0.3) is 0 Å². The molecule has 0 amide bonds. The van der Waals surface area contributed by atoms with Crippen molar-refractivity contribution in [2.45, 2.75) is 18.4 Å². The third-order valence-corrected chi connectivity index (χ3v) is 5.08. The van der Waals surface area contributed by atoms with E-state index in [1.165, 1.54) is 13.2 Å². The number of hydrogen-bond donors (Lipinski definition) is 1. The van der Waals surface area contributed by atoms with Crippen LogP contribution in [0.4, 0.5) is 15.8 Å². The Morgan fingerprint density at radius 1 is 1.28 bits per heavy atom. The highest BCUT2D eigenvalue weighted by molar-refractivity contribution is 5.61. The molecule has 1 N–H and O–H groups in total. The summed E-state index contributed by atoms with van der Waals surface area (Å²) >= 11 is 0. The molecule has 5 nitrogen and oxygen atoms in total. The molecule has 1 aliphatic carbocycles. The summed E-state index contributed by atoms with van der Waals surface area (Å²) in [6.45, 7) is 0. The largest absolute Gasteiger partial charge is 0.490 e. The van der Waals surface area contributed by atoms with Crippen molar-refractivity contribution in [2.24, 2.45) is 5.92 Å². The van der Waals surface area contributed by atoms with Gasteiger partial charge in [0.1, 0.15) is 5.82 Å². The van der Waals surface area contributed by atoms with E-state index in [2.05, 4.69) is 17.5 Å². The zero-order valence-electron chi connectivity index (χ0n) is 13.6. The van der Waals surface area contributed by atoms with E-state index < -0.39 is 4.92 Å². The number of benzene rings is 2. The van der Waals surface area contributed by atoms with Crippen LogP contribution < -0.4 is 10.1 Å². The minimum Gasteiger partial charge on any atom is -0.490 e. The highest BCUT2D eigenvalue weighted by Gasteiger charge is 2.38. The second-order valence-electron chi connectivity index (χ2n) is 6.40. The summed E-state index contributed by atoms with van der Waals surface area (Å²) in [7, 11) is 1.42. The summed E-state index contributed by atoms with van der Waals surface area (Å²) in [5.74, 6) is 0.298. The molecule has 25 heavy (non-hydrogen) atoms. The second-order valence-corrected chi connectivity index (χ2v) is 6.40. The number of nitro benzene ring substituents is 1. The van der Waals surface area contributed by atoms with Crippen LogP contribution in [-0.2, 0) is 0 Å². The first kappa shape index (κ1) is 15.6. The molecule has 1 heterocycles. The Hall–Kier alpha value is -2.89. The Morgan fingerprint density at radius 3 is 2.88 bits per heavy atom. The summed E-state index contributed by atoms with van der Waals surface area (Å²) < 4.78 is 18.7. The number of ether oxygens (including phenoxy) is 1. The molecule has 0 bridgehead atoms. The Labute approximate surface area is 144 Å². The highest BCUT2D eigenvalue weighted by Crippen LogP contribution is 2.50. The summed E-state index contributed by atoms with van der Waals surface area (Å²) in [5, 5.41) is 14.8. The van der Waals surface area contributed by atoms with Crippen LogP contribution >= 0.6 is 0 Å². The Kier molecular flexibility index (Phi) is 3.67. The van der Waals surface area contributed by atoms with Crippen molar-refractivity contribution < 1.29 is 14.1 Å². The highest BCUT2D eigenvalue weighted by atomic mass is 19.1. The SMILES string of the molecule is COc1ccc([C@@H]2Nc3ccc(F)cc3[C@H]3C=CC[C@H]32)cc1[N+](=O)[O-]. The smallest absolute Gasteiger partial charge is 0.311 e. The molecule has 1 aliphatic heterocycles. The molecule has 0 aromatic heterocycles. The lowest BCUT2D eigenvalue weighted by Crippen LogP contribution is -2.29. The summed E-state index contributed by atoms with van der Waals surface area (Å²) in [6, 6.07) is 9.71. The Bertz CT molecular complexity index is 881. The molecule has 4 rings (SSSR count). The number of fused-ring (bicyclic) bond motifs is 3. The molecule has 0 unspecified atom stereocenters. The van der Waals surface area contributed by atoms with Gasteiger partial charge in [-0.1, -0.05) is 18.2 Å². The van der Waals surface area contributed by atoms with Crippen LogP contribution in [0.5, 0.6) is 5.75 Å². The van der Waals surface area contributed by atoms with Gasteiger partial charge in [-0.15, -0.1) is 0 Å². The molecular weight excluding hydrogens is 323 g/mol. The van der Waals surface area contributed by atoms with Crippen LogP contribution in [0.2, 0.25) is 0 Å². The van der Waals surface area contributed by atoms with Gasteiger partial charge in [-0.05, 0) is 47.7 Å². The van der Waals surface area contributed by atoms with E-state index in [9.17, 15) is 14.5 Å². The number of rotatable bonds is 3. The first-order valence-corrected chi connectivity index (χ1v) is 8.13. The third kappa shape index (κ3) is 2.54. The quantitative estimate of drug-likeness (QED) is 0.505. The monoisotopic (exact) mass is 340 g/mol. The summed E-state index contributed by atoms with van der Waals surface area (Å²) in [4.78, 5) is 10.9. The van der Waals surface area contributed by atoms with Crippen LogP contribution in [0, 0.1) is 21.8 Å². The zero-order valence-corrected chi connectivity index (χ0v) is 13.6. The minimum atomic E-state index is -0.432. The fraction of sp³-hybridized carbons (Fsp3) is 0.263. The van der Waals surface area contributed by atoms with E-state index in [-0.39, 0.29) is 35.1 Å². The van der Waals surface area contributed by atoms with Gasteiger partial charge in [-0.2, -0.15) is 0 Å². The zero-order chi connectivity index (χ0) is 17.6. The third-order valence-electron chi connectivity index (χ3n) is 5.08. The Morgan fingerprint density at radius 2 is 2.12 bits per heavy atom. The summed E-state index contributed by atoms with van der Waals surface area (Å²) in [5.41, 5.74) is 2.60. The average molecular weight is 340 g/mol. The lowest BCUT2D eigenvalue weighted by Gasteiger charge is -2.37. The molecule has 2 aromatic carbocycles. The van der Waals surface area contributed by atoms with Crippen molar-refractivity contribution in [2.75, 3.05) is 12.4 Å². The number of hydrogen-bond acceptors (Lipinski definition) is 4. The van der Waals surface area contributed by atoms with Crippen LogP contribution in [0.1, 0.15) is 29.5 Å². The van der Waals surface area contributed by atoms with Gasteiger partial charge in [0.05, 0.1) is 18.1 Å². The van der Waals surface area contributed by atoms with Gasteiger partial charge in [-0.3, -0.25) is 10.1 Å². The molecular formula is C19H17FN2O3. The van der Waals surface area contributed by atoms with Crippen molar-refractivity contribution in [3.05, 3.63) is 75.6 Å². The van der Waals surface area contributed by atoms with E-state index in [1.54, 1.807) is 24.3 Å². The molecule has 3 atom stereocenters. The van der Waals surface area contributed by atoms with Gasteiger partial charge in [-0.25, -0.2) is 4.39 Å². The lowest BCUT2D eigenvalue weighted by atomic mass is 9.77. The predicted octanol–water partition coefficient (Wildman–Crippen LogP) is 4.57. The van der Waals surface area contributed by atoms with Gasteiger partial charge in [0, 0.05) is 17.7 Å². The normalized spacial score (nSPS) is 23.5. The van der Waals surface area contributed by atoms with Gasteiger partial charge >= 0.3 is 5.69 Å². The van der Waals surface area contributed by atoms with E-state index in [0.29, 0.717) is 0 Å². The van der Waals surface area contributed by atoms with E-state index >= 15 is 0 Å². The number of nitro groups is 1. The molecule has 2 aliphatic rings. The number of methoxy groups -OCH3 is 1. The maximum atomic E-state index is 13.7. The first-order chi connectivity index (χ1) is 12.1. The maximum Gasteiger partial charge on any atom is 0.311 e. The van der Waals surface area contributed by atoms with Gasteiger partial charge in [0.25, 0.3) is 0 Å². The first-order valence-electron chi connectivity index (χ1n) is 8.13. The number of anilines is 1. The number of allylic oxidation sites excluding steroid dienone is 2. The van der Waals surface area contributed by atoms with E-state index in [0.717, 1.165) is 23.2 Å². The molecule has 0 spiro atoms. The van der Waals surface area contributed by atoms with Crippen LogP contribution in [0.15, 0.2) is 48.6 Å². The van der Waals surface area contributed by atoms with Crippen molar-refractivity contribution in [3.63, 3.8) is 0 Å². The fourth-order valence-electron chi connectivity index (χ4n) is 3.94. The standard InChI is InChI=1S/C19H17FN2O3/c1-25-18-8-5-11(9-17(18)22(23)24)19-14-4-2-3-13(14)15-10-12(20)6-7-16(15)21-19/h2-3,5-10,13-14,19,21H,4H2,1H3/t13-,14+,19-/m0/s1. The summed E-state index contributed by atoms with van der Waals surface area (Å²) in [6.07, 6.45) is 5.05. The number of nitrogens with one attached hydrogen (secondary N) is 1. The molecule has 0 saturated heterocycles. The van der Waals surface area contributed by atoms with Gasteiger partial charge in [0.2, 0.25) is 0 Å². The predicted molar refractivity (Wildman–Crippen MR) is 92.4 cm³/mol. The lowest BCUT2D eigenvalue weighted by molar-refractivity contribution is -0.385. The van der Waals surface area contributed by atoms with E-state index in [4.69, 9.17) is 4.74 Å². The van der Waals surface area contributed by atoms with Crippen molar-refractivity contribution in [1.82, 2.24) is 0 Å². The fourth-order valence-corrected chi connectivity index (χ4v) is 3.94. The van der Waals surface area contributed by atoms with Crippen LogP contribution in [0.3, 0.4) is 0 Å².